The Hall–Kier alpha value is -1.18. The van der Waals surface area contributed by atoms with E-state index in [-0.39, 0.29) is 0 Å². The lowest BCUT2D eigenvalue weighted by Gasteiger charge is -2.12. The molecule has 0 amide bonds. The van der Waals surface area contributed by atoms with Crippen LogP contribution in [0.25, 0.3) is 0 Å². The molecule has 0 aliphatic rings. The Morgan fingerprint density at radius 3 is 2.53 bits per heavy atom. The fraction of sp³-hybridized carbons (Fsp3) is 0.231. The standard InChI is InChI=1S/C13H11F3INO/c1-8-2-3-9(13(14,15)16)6-11(8)18-7-10-4-5-12(17)19-10/h2-6,18H,7H2,1H3. The molecule has 0 atom stereocenters. The second-order valence-electron chi connectivity index (χ2n) is 4.09. The molecule has 0 spiro atoms. The second-order valence-corrected chi connectivity index (χ2v) is 5.15. The highest BCUT2D eigenvalue weighted by molar-refractivity contribution is 14.1. The van der Waals surface area contributed by atoms with Gasteiger partial charge in [-0.05, 0) is 59.3 Å². The molecule has 0 fully saturated rings. The van der Waals surface area contributed by atoms with Crippen molar-refractivity contribution < 1.29 is 17.6 Å². The van der Waals surface area contributed by atoms with Gasteiger partial charge in [0.2, 0.25) is 0 Å². The van der Waals surface area contributed by atoms with Crippen LogP contribution in [-0.2, 0) is 12.7 Å². The summed E-state index contributed by atoms with van der Waals surface area (Å²) in [6.07, 6.45) is -4.33. The Bertz CT molecular complexity index is 578. The predicted octanol–water partition coefficient (Wildman–Crippen LogP) is 4.82. The van der Waals surface area contributed by atoms with E-state index in [9.17, 15) is 13.2 Å². The largest absolute Gasteiger partial charge is 0.454 e. The smallest absolute Gasteiger partial charge is 0.416 e. The van der Waals surface area contributed by atoms with Gasteiger partial charge < -0.3 is 9.73 Å². The second kappa shape index (κ2) is 5.44. The van der Waals surface area contributed by atoms with Crippen LogP contribution in [0.5, 0.6) is 0 Å². The van der Waals surface area contributed by atoms with E-state index >= 15 is 0 Å². The van der Waals surface area contributed by atoms with Crippen molar-refractivity contribution in [2.75, 3.05) is 5.32 Å². The maximum absolute atomic E-state index is 12.6. The maximum Gasteiger partial charge on any atom is 0.416 e. The predicted molar refractivity (Wildman–Crippen MR) is 74.9 cm³/mol. The molecule has 6 heteroatoms. The van der Waals surface area contributed by atoms with E-state index in [1.165, 1.54) is 6.07 Å². The van der Waals surface area contributed by atoms with Gasteiger partial charge in [0.1, 0.15) is 5.76 Å². The highest BCUT2D eigenvalue weighted by Crippen LogP contribution is 2.32. The Morgan fingerprint density at radius 1 is 1.21 bits per heavy atom. The van der Waals surface area contributed by atoms with Crippen molar-refractivity contribution in [3.63, 3.8) is 0 Å². The number of rotatable bonds is 3. The summed E-state index contributed by atoms with van der Waals surface area (Å²) in [5, 5.41) is 2.96. The van der Waals surface area contributed by atoms with Crippen molar-refractivity contribution in [1.82, 2.24) is 0 Å². The molecule has 0 bridgehead atoms. The van der Waals surface area contributed by atoms with E-state index in [1.54, 1.807) is 19.1 Å². The van der Waals surface area contributed by atoms with Gasteiger partial charge in [-0.1, -0.05) is 6.07 Å². The zero-order valence-corrected chi connectivity index (χ0v) is 12.2. The van der Waals surface area contributed by atoms with E-state index in [1.807, 2.05) is 22.6 Å². The van der Waals surface area contributed by atoms with Crippen molar-refractivity contribution in [1.29, 1.82) is 0 Å². The fourth-order valence-corrected chi connectivity index (χ4v) is 2.08. The first-order chi connectivity index (χ1) is 8.86. The molecule has 2 aromatic rings. The molecule has 1 heterocycles. The molecule has 1 aromatic heterocycles. The molecule has 2 nitrogen and oxygen atoms in total. The zero-order valence-electron chi connectivity index (χ0n) is 10.0. The van der Waals surface area contributed by atoms with E-state index in [0.29, 0.717) is 18.0 Å². The summed E-state index contributed by atoms with van der Waals surface area (Å²) in [4.78, 5) is 0. The SMILES string of the molecule is Cc1ccc(C(F)(F)F)cc1NCc1ccc(I)o1. The fourth-order valence-electron chi connectivity index (χ4n) is 1.62. The molecule has 1 N–H and O–H groups in total. The van der Waals surface area contributed by atoms with Gasteiger partial charge in [0.15, 0.2) is 3.77 Å². The van der Waals surface area contributed by atoms with Gasteiger partial charge in [0.25, 0.3) is 0 Å². The summed E-state index contributed by atoms with van der Waals surface area (Å²) in [7, 11) is 0. The van der Waals surface area contributed by atoms with Crippen LogP contribution >= 0.6 is 22.6 Å². The maximum atomic E-state index is 12.6. The summed E-state index contributed by atoms with van der Waals surface area (Å²) in [6, 6.07) is 7.24. The highest BCUT2D eigenvalue weighted by atomic mass is 127. The third kappa shape index (κ3) is 3.65. The van der Waals surface area contributed by atoms with Crippen LogP contribution in [0, 0.1) is 10.7 Å². The lowest BCUT2D eigenvalue weighted by molar-refractivity contribution is -0.137. The van der Waals surface area contributed by atoms with Crippen LogP contribution in [-0.4, -0.2) is 0 Å². The molecule has 0 unspecified atom stereocenters. The minimum atomic E-state index is -4.33. The lowest BCUT2D eigenvalue weighted by atomic mass is 10.1. The van der Waals surface area contributed by atoms with Crippen LogP contribution in [0.1, 0.15) is 16.9 Å². The quantitative estimate of drug-likeness (QED) is 0.772. The zero-order chi connectivity index (χ0) is 14.0. The highest BCUT2D eigenvalue weighted by Gasteiger charge is 2.30. The van der Waals surface area contributed by atoms with Crippen LogP contribution < -0.4 is 5.32 Å². The number of anilines is 1. The van der Waals surface area contributed by atoms with Gasteiger partial charge in [-0.25, -0.2) is 0 Å². The number of hydrogen-bond donors (Lipinski definition) is 1. The molecule has 0 saturated heterocycles. The van der Waals surface area contributed by atoms with Gasteiger partial charge in [-0.2, -0.15) is 13.2 Å². The summed E-state index contributed by atoms with van der Waals surface area (Å²) in [5.74, 6) is 0.682. The normalized spacial score (nSPS) is 11.6. The Kier molecular flexibility index (Phi) is 4.07. The van der Waals surface area contributed by atoms with Gasteiger partial charge >= 0.3 is 6.18 Å². The minimum absolute atomic E-state index is 0.352. The lowest BCUT2D eigenvalue weighted by Crippen LogP contribution is -2.07. The van der Waals surface area contributed by atoms with Gasteiger partial charge in [0, 0.05) is 5.69 Å². The summed E-state index contributed by atoms with van der Waals surface area (Å²) in [6.45, 7) is 2.11. The average Bonchev–Trinajstić information content (AvgIpc) is 2.72. The average molecular weight is 381 g/mol. The molecule has 0 aliphatic heterocycles. The summed E-state index contributed by atoms with van der Waals surface area (Å²) < 4.78 is 43.9. The van der Waals surface area contributed by atoms with Crippen LogP contribution in [0.15, 0.2) is 34.7 Å². The van der Waals surface area contributed by atoms with Crippen molar-refractivity contribution in [2.45, 2.75) is 19.6 Å². The first kappa shape index (κ1) is 14.2. The number of nitrogens with one attached hydrogen (secondary N) is 1. The molecular weight excluding hydrogens is 370 g/mol. The van der Waals surface area contributed by atoms with Crippen molar-refractivity contribution >= 4 is 28.3 Å². The van der Waals surface area contributed by atoms with Crippen molar-refractivity contribution in [3.8, 4) is 0 Å². The van der Waals surface area contributed by atoms with Crippen molar-refractivity contribution in [2.24, 2.45) is 0 Å². The number of aryl methyl sites for hydroxylation is 1. The molecule has 0 saturated carbocycles. The summed E-state index contributed by atoms with van der Waals surface area (Å²) >= 11 is 2.03. The molecule has 19 heavy (non-hydrogen) atoms. The van der Waals surface area contributed by atoms with Gasteiger partial charge in [0.05, 0.1) is 12.1 Å². The molecule has 1 aromatic carbocycles. The monoisotopic (exact) mass is 381 g/mol. The minimum Gasteiger partial charge on any atom is -0.454 e. The van der Waals surface area contributed by atoms with Crippen LogP contribution in [0.2, 0.25) is 0 Å². The van der Waals surface area contributed by atoms with Crippen LogP contribution in [0.3, 0.4) is 0 Å². The van der Waals surface area contributed by atoms with Gasteiger partial charge in [-0.15, -0.1) is 0 Å². The molecule has 102 valence electrons. The number of benzene rings is 1. The number of furan rings is 1. The van der Waals surface area contributed by atoms with Crippen LogP contribution in [0.4, 0.5) is 18.9 Å². The van der Waals surface area contributed by atoms with E-state index < -0.39 is 11.7 Å². The molecule has 0 radical (unpaired) electrons. The molecular formula is C13H11F3INO. The van der Waals surface area contributed by atoms with E-state index in [0.717, 1.165) is 21.5 Å². The first-order valence-electron chi connectivity index (χ1n) is 5.52. The summed E-state index contributed by atoms with van der Waals surface area (Å²) in [5.41, 5.74) is 0.560. The third-order valence-corrected chi connectivity index (χ3v) is 3.23. The Morgan fingerprint density at radius 2 is 1.95 bits per heavy atom. The molecule has 2 rings (SSSR count). The van der Waals surface area contributed by atoms with Gasteiger partial charge in [-0.3, -0.25) is 0 Å². The van der Waals surface area contributed by atoms with Crippen molar-refractivity contribution in [3.05, 3.63) is 51.0 Å². The number of hydrogen-bond acceptors (Lipinski definition) is 2. The first-order valence-corrected chi connectivity index (χ1v) is 6.60. The Labute approximate surface area is 122 Å². The Balaban J connectivity index is 2.15. The van der Waals surface area contributed by atoms with E-state index in [2.05, 4.69) is 5.32 Å². The third-order valence-electron chi connectivity index (χ3n) is 2.65. The number of halogens is 4. The van der Waals surface area contributed by atoms with E-state index in [4.69, 9.17) is 4.42 Å². The topological polar surface area (TPSA) is 25.2 Å². The number of alkyl halides is 3. The molecule has 0 aliphatic carbocycles.